The lowest BCUT2D eigenvalue weighted by Crippen LogP contribution is -2.29. The Labute approximate surface area is 118 Å². The Morgan fingerprint density at radius 3 is 2.74 bits per heavy atom. The highest BCUT2D eigenvalue weighted by Crippen LogP contribution is 2.42. The summed E-state index contributed by atoms with van der Waals surface area (Å²) >= 11 is 3.11. The Hall–Kier alpha value is -0.590. The quantitative estimate of drug-likeness (QED) is 0.646. The second kappa shape index (κ2) is 5.81. The lowest BCUT2D eigenvalue weighted by molar-refractivity contribution is 0.00430. The van der Waals surface area contributed by atoms with Crippen LogP contribution in [-0.2, 0) is 0 Å². The molecule has 6 heteroatoms. The van der Waals surface area contributed by atoms with Crippen LogP contribution in [0.3, 0.4) is 0 Å². The average Bonchev–Trinajstić information content (AvgIpc) is 2.69. The van der Waals surface area contributed by atoms with E-state index < -0.39 is 5.92 Å². The summed E-state index contributed by atoms with van der Waals surface area (Å²) in [6.45, 7) is 0. The van der Waals surface area contributed by atoms with Gasteiger partial charge in [-0.3, -0.25) is 11.3 Å². The number of hydrazine groups is 1. The van der Waals surface area contributed by atoms with Crippen molar-refractivity contribution in [2.45, 2.75) is 37.6 Å². The van der Waals surface area contributed by atoms with Crippen molar-refractivity contribution in [3.05, 3.63) is 34.1 Å². The van der Waals surface area contributed by atoms with E-state index >= 15 is 0 Å². The highest BCUT2D eigenvalue weighted by atomic mass is 79.9. The molecule has 2 rings (SSSR count). The van der Waals surface area contributed by atoms with Crippen LogP contribution in [0, 0.1) is 11.7 Å². The summed E-state index contributed by atoms with van der Waals surface area (Å²) in [5, 5.41) is 0. The van der Waals surface area contributed by atoms with E-state index in [0.717, 1.165) is 5.56 Å². The smallest absolute Gasteiger partial charge is 0.248 e. The minimum Gasteiger partial charge on any atom is -0.271 e. The number of benzene rings is 1. The molecule has 0 radical (unpaired) electrons. The minimum absolute atomic E-state index is 0.0535. The van der Waals surface area contributed by atoms with E-state index in [-0.39, 0.29) is 30.6 Å². The molecule has 0 spiro atoms. The third-order valence-corrected chi connectivity index (χ3v) is 4.23. The number of halogens is 4. The van der Waals surface area contributed by atoms with Crippen molar-refractivity contribution in [2.24, 2.45) is 11.8 Å². The third kappa shape index (κ3) is 3.70. The van der Waals surface area contributed by atoms with Crippen molar-refractivity contribution in [2.75, 3.05) is 0 Å². The first kappa shape index (κ1) is 14.8. The number of alkyl halides is 2. The van der Waals surface area contributed by atoms with Crippen LogP contribution in [0.4, 0.5) is 13.2 Å². The largest absolute Gasteiger partial charge is 0.271 e. The summed E-state index contributed by atoms with van der Waals surface area (Å²) in [4.78, 5) is 0. The van der Waals surface area contributed by atoms with E-state index in [4.69, 9.17) is 5.84 Å². The van der Waals surface area contributed by atoms with Crippen LogP contribution < -0.4 is 11.3 Å². The number of nitrogens with one attached hydrogen (secondary N) is 1. The van der Waals surface area contributed by atoms with Gasteiger partial charge in [0.15, 0.2) is 0 Å². The molecule has 0 saturated heterocycles. The van der Waals surface area contributed by atoms with Gasteiger partial charge in [-0.1, -0.05) is 6.07 Å². The standard InChI is InChI=1S/C13H16BrF3N2/c14-10-6-9(1-2-11(10)15)12(19-18)5-8-3-4-13(16,17)7-8/h1-2,6,8,12,19H,3-5,7,18H2. The summed E-state index contributed by atoms with van der Waals surface area (Å²) in [6, 6.07) is 4.35. The van der Waals surface area contributed by atoms with Gasteiger partial charge in [0.05, 0.1) is 4.47 Å². The summed E-state index contributed by atoms with van der Waals surface area (Å²) in [5.41, 5.74) is 3.43. The van der Waals surface area contributed by atoms with Crippen molar-refractivity contribution in [3.8, 4) is 0 Å². The third-order valence-electron chi connectivity index (χ3n) is 3.62. The fourth-order valence-corrected chi connectivity index (χ4v) is 3.00. The van der Waals surface area contributed by atoms with Gasteiger partial charge >= 0.3 is 0 Å². The van der Waals surface area contributed by atoms with E-state index in [1.165, 1.54) is 6.07 Å². The van der Waals surface area contributed by atoms with E-state index in [0.29, 0.717) is 17.3 Å². The zero-order chi connectivity index (χ0) is 14.0. The predicted molar refractivity (Wildman–Crippen MR) is 71.1 cm³/mol. The molecule has 2 nitrogen and oxygen atoms in total. The Bertz CT molecular complexity index is 454. The van der Waals surface area contributed by atoms with Crippen molar-refractivity contribution >= 4 is 15.9 Å². The fourth-order valence-electron chi connectivity index (χ4n) is 2.61. The fraction of sp³-hybridized carbons (Fsp3) is 0.538. The SMILES string of the molecule is NNC(CC1CCC(F)(F)C1)c1ccc(F)c(Br)c1. The van der Waals surface area contributed by atoms with Gasteiger partial charge in [-0.25, -0.2) is 13.2 Å². The summed E-state index contributed by atoms with van der Waals surface area (Å²) in [5.74, 6) is 2.53. The zero-order valence-electron chi connectivity index (χ0n) is 10.3. The molecule has 2 atom stereocenters. The second-order valence-electron chi connectivity index (χ2n) is 5.09. The molecule has 1 fully saturated rings. The van der Waals surface area contributed by atoms with E-state index in [9.17, 15) is 13.2 Å². The highest BCUT2D eigenvalue weighted by Gasteiger charge is 2.40. The predicted octanol–water partition coefficient (Wildman–Crippen LogP) is 3.92. The molecular weight excluding hydrogens is 321 g/mol. The van der Waals surface area contributed by atoms with E-state index in [1.807, 2.05) is 0 Å². The molecule has 0 bridgehead atoms. The van der Waals surface area contributed by atoms with Crippen LogP contribution >= 0.6 is 15.9 Å². The zero-order valence-corrected chi connectivity index (χ0v) is 11.9. The molecule has 1 aromatic carbocycles. The first-order valence-corrected chi connectivity index (χ1v) is 6.99. The second-order valence-corrected chi connectivity index (χ2v) is 5.95. The first-order valence-electron chi connectivity index (χ1n) is 6.20. The maximum absolute atomic E-state index is 13.2. The van der Waals surface area contributed by atoms with Crippen molar-refractivity contribution < 1.29 is 13.2 Å². The van der Waals surface area contributed by atoms with Gasteiger partial charge < -0.3 is 0 Å². The van der Waals surface area contributed by atoms with E-state index in [2.05, 4.69) is 21.4 Å². The Balaban J connectivity index is 2.06. The Morgan fingerprint density at radius 2 is 2.21 bits per heavy atom. The van der Waals surface area contributed by atoms with Gasteiger partial charge in [-0.15, -0.1) is 0 Å². The maximum atomic E-state index is 13.2. The van der Waals surface area contributed by atoms with Crippen molar-refractivity contribution in [1.29, 1.82) is 0 Å². The number of hydrogen-bond donors (Lipinski definition) is 2. The van der Waals surface area contributed by atoms with E-state index in [1.54, 1.807) is 12.1 Å². The molecule has 1 aliphatic carbocycles. The molecule has 0 aromatic heterocycles. The van der Waals surface area contributed by atoms with Crippen LogP contribution in [0.15, 0.2) is 22.7 Å². The Morgan fingerprint density at radius 1 is 1.47 bits per heavy atom. The monoisotopic (exact) mass is 336 g/mol. The number of hydrogen-bond acceptors (Lipinski definition) is 2. The first-order chi connectivity index (χ1) is 8.91. The number of nitrogens with two attached hydrogens (primary N) is 1. The summed E-state index contributed by atoms with van der Waals surface area (Å²) in [7, 11) is 0. The van der Waals surface area contributed by atoms with Crippen LogP contribution in [0.1, 0.15) is 37.3 Å². The number of rotatable bonds is 4. The Kier molecular flexibility index (Phi) is 4.53. The molecule has 1 aliphatic rings. The van der Waals surface area contributed by atoms with Crippen LogP contribution in [0.25, 0.3) is 0 Å². The highest BCUT2D eigenvalue weighted by molar-refractivity contribution is 9.10. The molecule has 0 aliphatic heterocycles. The van der Waals surface area contributed by atoms with Gasteiger partial charge in [0.25, 0.3) is 0 Å². The molecule has 0 amide bonds. The molecular formula is C13H16BrF3N2. The summed E-state index contributed by atoms with van der Waals surface area (Å²) < 4.78 is 39.8. The maximum Gasteiger partial charge on any atom is 0.248 e. The lowest BCUT2D eigenvalue weighted by atomic mass is 9.94. The van der Waals surface area contributed by atoms with Crippen LogP contribution in [0.2, 0.25) is 0 Å². The van der Waals surface area contributed by atoms with Crippen molar-refractivity contribution in [3.63, 3.8) is 0 Å². The lowest BCUT2D eigenvalue weighted by Gasteiger charge is -2.20. The van der Waals surface area contributed by atoms with Crippen molar-refractivity contribution in [1.82, 2.24) is 5.43 Å². The molecule has 1 aromatic rings. The molecule has 1 saturated carbocycles. The van der Waals surface area contributed by atoms with Gasteiger partial charge in [0, 0.05) is 18.9 Å². The topological polar surface area (TPSA) is 38.0 Å². The molecule has 19 heavy (non-hydrogen) atoms. The van der Waals surface area contributed by atoms with Gasteiger partial charge in [-0.2, -0.15) is 0 Å². The van der Waals surface area contributed by atoms with Gasteiger partial charge in [-0.05, 0) is 52.4 Å². The van der Waals surface area contributed by atoms with Crippen LogP contribution in [0.5, 0.6) is 0 Å². The molecule has 106 valence electrons. The normalized spacial score (nSPS) is 23.5. The minimum atomic E-state index is -2.55. The molecule has 0 heterocycles. The van der Waals surface area contributed by atoms with Gasteiger partial charge in [0.2, 0.25) is 5.92 Å². The average molecular weight is 337 g/mol. The molecule has 3 N–H and O–H groups in total. The van der Waals surface area contributed by atoms with Gasteiger partial charge in [0.1, 0.15) is 5.82 Å². The summed E-state index contributed by atoms with van der Waals surface area (Å²) in [6.07, 6.45) is 0.896. The van der Waals surface area contributed by atoms with Crippen LogP contribution in [-0.4, -0.2) is 5.92 Å². The molecule has 2 unspecified atom stereocenters.